The maximum atomic E-state index is 13.9. The molecule has 0 amide bonds. The first-order chi connectivity index (χ1) is 12.2. The quantitative estimate of drug-likeness (QED) is 0.837. The fourth-order valence-electron chi connectivity index (χ4n) is 2.95. The van der Waals surface area contributed by atoms with Gasteiger partial charge in [-0.1, -0.05) is 42.5 Å². The minimum Gasteiger partial charge on any atom is -0.381 e. The molecule has 2 N–H and O–H groups in total. The molecule has 0 radical (unpaired) electrons. The highest BCUT2D eigenvalue weighted by atomic mass is 32.2. The summed E-state index contributed by atoms with van der Waals surface area (Å²) in [5.41, 5.74) is 0.182. The second-order valence-electron chi connectivity index (χ2n) is 6.76. The number of ether oxygens (including phenoxy) is 1. The molecule has 2 aromatic rings. The number of hydrogen-bond donors (Lipinski definition) is 2. The zero-order valence-electron chi connectivity index (χ0n) is 14.6. The van der Waals surface area contributed by atoms with Gasteiger partial charge in [-0.15, -0.1) is 0 Å². The summed E-state index contributed by atoms with van der Waals surface area (Å²) in [5, 5.41) is 10.4. The van der Waals surface area contributed by atoms with Crippen LogP contribution in [0.15, 0.2) is 48.5 Å². The summed E-state index contributed by atoms with van der Waals surface area (Å²) in [5.74, 6) is -0.328. The summed E-state index contributed by atoms with van der Waals surface area (Å²) < 4.78 is 46.1. The summed E-state index contributed by atoms with van der Waals surface area (Å²) in [7, 11) is -3.56. The molecular formula is C19H22FNO4S. The van der Waals surface area contributed by atoms with E-state index in [0.717, 1.165) is 0 Å². The van der Waals surface area contributed by atoms with Crippen LogP contribution in [-0.2, 0) is 20.4 Å². The van der Waals surface area contributed by atoms with Crippen molar-refractivity contribution in [2.75, 3.05) is 13.2 Å². The van der Waals surface area contributed by atoms with Crippen LogP contribution < -0.4 is 4.72 Å². The topological polar surface area (TPSA) is 75.6 Å². The van der Waals surface area contributed by atoms with Gasteiger partial charge < -0.3 is 9.84 Å². The van der Waals surface area contributed by atoms with E-state index < -0.39 is 26.9 Å². The lowest BCUT2D eigenvalue weighted by Crippen LogP contribution is -2.51. The van der Waals surface area contributed by atoms with Gasteiger partial charge in [0, 0.05) is 5.56 Å². The van der Waals surface area contributed by atoms with Crippen LogP contribution in [0.4, 0.5) is 4.39 Å². The monoisotopic (exact) mass is 379 g/mol. The minimum atomic E-state index is -3.56. The summed E-state index contributed by atoms with van der Waals surface area (Å²) in [4.78, 5) is 0. The Labute approximate surface area is 152 Å². The van der Waals surface area contributed by atoms with E-state index in [0.29, 0.717) is 16.7 Å². The van der Waals surface area contributed by atoms with Crippen LogP contribution in [0.5, 0.6) is 0 Å². The van der Waals surface area contributed by atoms with Crippen LogP contribution in [0.1, 0.15) is 19.4 Å². The largest absolute Gasteiger partial charge is 0.381 e. The molecule has 0 aliphatic carbocycles. The van der Waals surface area contributed by atoms with Gasteiger partial charge in [0.25, 0.3) is 0 Å². The maximum Gasteiger partial charge on any atom is 0.214 e. The summed E-state index contributed by atoms with van der Waals surface area (Å²) in [6.45, 7) is 3.20. The Morgan fingerprint density at radius 2 is 1.85 bits per heavy atom. The van der Waals surface area contributed by atoms with E-state index in [2.05, 4.69) is 4.72 Å². The molecule has 1 heterocycles. The number of halogens is 1. The van der Waals surface area contributed by atoms with Crippen molar-refractivity contribution >= 4 is 10.0 Å². The Kier molecular flexibility index (Phi) is 5.16. The lowest BCUT2D eigenvalue weighted by atomic mass is 9.88. The molecule has 3 rings (SSSR count). The van der Waals surface area contributed by atoms with E-state index in [1.54, 1.807) is 56.3 Å². The van der Waals surface area contributed by atoms with Crippen molar-refractivity contribution < 1.29 is 22.7 Å². The van der Waals surface area contributed by atoms with Gasteiger partial charge >= 0.3 is 0 Å². The van der Waals surface area contributed by atoms with Crippen LogP contribution >= 0.6 is 0 Å². The smallest absolute Gasteiger partial charge is 0.214 e. The van der Waals surface area contributed by atoms with E-state index in [4.69, 9.17) is 4.74 Å². The molecule has 0 saturated carbocycles. The number of hydrogen-bond acceptors (Lipinski definition) is 4. The number of nitrogens with one attached hydrogen (secondary N) is 1. The normalized spacial score (nSPS) is 23.5. The molecule has 7 heteroatoms. The van der Waals surface area contributed by atoms with Crippen LogP contribution in [0.2, 0.25) is 0 Å². The fraction of sp³-hybridized carbons (Fsp3) is 0.368. The average Bonchev–Trinajstić information content (AvgIpc) is 2.96. The number of aliphatic hydroxyl groups is 1. The van der Waals surface area contributed by atoms with Gasteiger partial charge in [0.05, 0.1) is 24.5 Å². The molecule has 1 fully saturated rings. The number of benzene rings is 2. The Morgan fingerprint density at radius 3 is 2.46 bits per heavy atom. The van der Waals surface area contributed by atoms with E-state index in [-0.39, 0.29) is 19.0 Å². The standard InChI is InChI=1S/C19H22FNO4S/c1-13(2)26(23,24)21-18-11-25-12-19(18,22)15-9-7-14(8-10-15)16-5-3-4-6-17(16)20/h3-10,13,18,21-22H,11-12H2,1-2H3. The predicted molar refractivity (Wildman–Crippen MR) is 97.5 cm³/mol. The van der Waals surface area contributed by atoms with Crippen LogP contribution in [-0.4, -0.2) is 38.0 Å². The van der Waals surface area contributed by atoms with Gasteiger partial charge in [-0.25, -0.2) is 17.5 Å². The van der Waals surface area contributed by atoms with E-state index >= 15 is 0 Å². The van der Waals surface area contributed by atoms with E-state index in [1.165, 1.54) is 6.07 Å². The summed E-state index contributed by atoms with van der Waals surface area (Å²) in [6.07, 6.45) is 0. The first-order valence-corrected chi connectivity index (χ1v) is 9.95. The van der Waals surface area contributed by atoms with Crippen LogP contribution in [0, 0.1) is 5.82 Å². The summed E-state index contributed by atoms with van der Waals surface area (Å²) >= 11 is 0. The number of rotatable bonds is 5. The van der Waals surface area contributed by atoms with Gasteiger partial charge in [-0.05, 0) is 31.0 Å². The molecule has 1 saturated heterocycles. The van der Waals surface area contributed by atoms with Crippen molar-refractivity contribution in [1.29, 1.82) is 0 Å². The molecule has 0 spiro atoms. The molecule has 2 atom stereocenters. The molecule has 5 nitrogen and oxygen atoms in total. The third kappa shape index (κ3) is 3.53. The SMILES string of the molecule is CC(C)S(=O)(=O)NC1COCC1(O)c1ccc(-c2ccccc2F)cc1. The van der Waals surface area contributed by atoms with Gasteiger partial charge in [0.2, 0.25) is 10.0 Å². The van der Waals surface area contributed by atoms with E-state index in [1.807, 2.05) is 0 Å². The first kappa shape index (κ1) is 19.0. The second kappa shape index (κ2) is 7.08. The predicted octanol–water partition coefficient (Wildman–Crippen LogP) is 2.41. The second-order valence-corrected chi connectivity index (χ2v) is 9.03. The highest BCUT2D eigenvalue weighted by Gasteiger charge is 2.46. The van der Waals surface area contributed by atoms with Crippen molar-refractivity contribution in [2.24, 2.45) is 0 Å². The summed E-state index contributed by atoms with van der Waals surface area (Å²) in [6, 6.07) is 12.4. The van der Waals surface area contributed by atoms with Crippen LogP contribution in [0.25, 0.3) is 11.1 Å². The molecule has 2 aromatic carbocycles. The average molecular weight is 379 g/mol. The fourth-order valence-corrected chi connectivity index (χ4v) is 3.89. The first-order valence-electron chi connectivity index (χ1n) is 8.41. The van der Waals surface area contributed by atoms with Gasteiger partial charge in [0.1, 0.15) is 11.4 Å². The van der Waals surface area contributed by atoms with Crippen molar-refractivity contribution in [3.05, 3.63) is 59.9 Å². The maximum absolute atomic E-state index is 13.9. The zero-order valence-corrected chi connectivity index (χ0v) is 15.5. The third-order valence-corrected chi connectivity index (χ3v) is 6.53. The molecular weight excluding hydrogens is 357 g/mol. The van der Waals surface area contributed by atoms with Gasteiger partial charge in [0.15, 0.2) is 0 Å². The van der Waals surface area contributed by atoms with Crippen molar-refractivity contribution in [1.82, 2.24) is 4.72 Å². The lowest BCUT2D eigenvalue weighted by molar-refractivity contribution is 0.0121. The Bertz CT molecular complexity index is 883. The zero-order chi connectivity index (χ0) is 18.9. The van der Waals surface area contributed by atoms with Crippen molar-refractivity contribution in [3.8, 4) is 11.1 Å². The van der Waals surface area contributed by atoms with Crippen LogP contribution in [0.3, 0.4) is 0 Å². The third-order valence-electron chi connectivity index (χ3n) is 4.68. The van der Waals surface area contributed by atoms with E-state index in [9.17, 15) is 17.9 Å². The Hall–Kier alpha value is -1.80. The Morgan fingerprint density at radius 1 is 1.19 bits per heavy atom. The molecule has 140 valence electrons. The minimum absolute atomic E-state index is 0.0165. The molecule has 0 bridgehead atoms. The van der Waals surface area contributed by atoms with Crippen molar-refractivity contribution in [3.63, 3.8) is 0 Å². The highest BCUT2D eigenvalue weighted by molar-refractivity contribution is 7.90. The molecule has 0 aromatic heterocycles. The number of sulfonamides is 1. The van der Waals surface area contributed by atoms with Crippen molar-refractivity contribution in [2.45, 2.75) is 30.7 Å². The van der Waals surface area contributed by atoms with Gasteiger partial charge in [-0.2, -0.15) is 0 Å². The molecule has 1 aliphatic rings. The Balaban J connectivity index is 1.89. The van der Waals surface area contributed by atoms with Gasteiger partial charge in [-0.3, -0.25) is 0 Å². The molecule has 1 aliphatic heterocycles. The highest BCUT2D eigenvalue weighted by Crippen LogP contribution is 2.33. The molecule has 26 heavy (non-hydrogen) atoms. The lowest BCUT2D eigenvalue weighted by Gasteiger charge is -2.29. The molecule has 2 unspecified atom stereocenters.